The van der Waals surface area contributed by atoms with Crippen molar-refractivity contribution in [3.63, 3.8) is 0 Å². The molecule has 0 saturated carbocycles. The molecule has 6 nitrogen and oxygen atoms in total. The van der Waals surface area contributed by atoms with Gasteiger partial charge in [0.2, 0.25) is 0 Å². The molecule has 0 bridgehead atoms. The summed E-state index contributed by atoms with van der Waals surface area (Å²) >= 11 is 0. The predicted octanol–water partition coefficient (Wildman–Crippen LogP) is 3.15. The molecule has 0 saturated heterocycles. The zero-order valence-electron chi connectivity index (χ0n) is 15.5. The van der Waals surface area contributed by atoms with E-state index < -0.39 is 0 Å². The van der Waals surface area contributed by atoms with Gasteiger partial charge in [-0.1, -0.05) is 24.3 Å². The van der Waals surface area contributed by atoms with Gasteiger partial charge in [0.15, 0.2) is 0 Å². The van der Waals surface area contributed by atoms with E-state index in [2.05, 4.69) is 10.3 Å². The van der Waals surface area contributed by atoms with E-state index in [1.54, 1.807) is 54.5 Å². The third kappa shape index (κ3) is 5.17. The minimum Gasteiger partial charge on any atom is -0.465 e. The molecule has 0 unspecified atom stereocenters. The molecule has 0 spiro atoms. The molecule has 0 fully saturated rings. The number of likely N-dealkylation sites (N-methyl/N-ethyl adjacent to an activating group) is 1. The van der Waals surface area contributed by atoms with Gasteiger partial charge in [0.1, 0.15) is 11.5 Å². The van der Waals surface area contributed by atoms with Crippen molar-refractivity contribution < 1.29 is 14.0 Å². The quantitative estimate of drug-likeness (QED) is 0.644. The number of benzene rings is 1. The normalized spacial score (nSPS) is 11.1. The third-order valence-corrected chi connectivity index (χ3v) is 4.12. The van der Waals surface area contributed by atoms with Crippen molar-refractivity contribution in [2.24, 2.45) is 0 Å². The smallest absolute Gasteiger partial charge is 0.270 e. The number of nitrogens with one attached hydrogen (secondary N) is 1. The largest absolute Gasteiger partial charge is 0.465 e. The van der Waals surface area contributed by atoms with E-state index in [-0.39, 0.29) is 17.5 Å². The summed E-state index contributed by atoms with van der Waals surface area (Å²) in [6, 6.07) is 17.9. The number of carbonyl (C=O) groups is 2. The van der Waals surface area contributed by atoms with Gasteiger partial charge in [-0.3, -0.25) is 14.6 Å². The predicted molar refractivity (Wildman–Crippen MR) is 106 cm³/mol. The number of aromatic nitrogens is 1. The maximum absolute atomic E-state index is 12.9. The minimum atomic E-state index is -0.357. The number of pyridine rings is 1. The Labute approximate surface area is 163 Å². The zero-order chi connectivity index (χ0) is 19.8. The van der Waals surface area contributed by atoms with E-state index in [1.807, 2.05) is 24.3 Å². The van der Waals surface area contributed by atoms with Gasteiger partial charge in [0.05, 0.1) is 6.26 Å². The second-order valence-corrected chi connectivity index (χ2v) is 6.19. The highest BCUT2D eigenvalue weighted by Gasteiger charge is 2.19. The average molecular weight is 375 g/mol. The van der Waals surface area contributed by atoms with Crippen LogP contribution in [0.2, 0.25) is 0 Å². The molecule has 28 heavy (non-hydrogen) atoms. The van der Waals surface area contributed by atoms with Crippen molar-refractivity contribution in [1.82, 2.24) is 15.2 Å². The van der Waals surface area contributed by atoms with Crippen molar-refractivity contribution >= 4 is 17.9 Å². The van der Waals surface area contributed by atoms with Crippen molar-refractivity contribution in [2.75, 3.05) is 13.6 Å². The van der Waals surface area contributed by atoms with Crippen LogP contribution in [0.25, 0.3) is 6.08 Å². The number of hydrogen-bond acceptors (Lipinski definition) is 4. The topological polar surface area (TPSA) is 75.4 Å². The number of amides is 2. The lowest BCUT2D eigenvalue weighted by molar-refractivity contribution is -0.126. The monoisotopic (exact) mass is 375 g/mol. The van der Waals surface area contributed by atoms with Crippen LogP contribution < -0.4 is 5.32 Å². The molecule has 0 aliphatic heterocycles. The van der Waals surface area contributed by atoms with Crippen LogP contribution in [-0.4, -0.2) is 35.3 Å². The summed E-state index contributed by atoms with van der Waals surface area (Å²) in [6.45, 7) is 0.465. The fourth-order valence-corrected chi connectivity index (χ4v) is 2.59. The summed E-state index contributed by atoms with van der Waals surface area (Å²) in [5.74, 6) is -0.184. The first kappa shape index (κ1) is 19.1. The number of hydrogen-bond donors (Lipinski definition) is 1. The molecular weight excluding hydrogens is 354 g/mol. The van der Waals surface area contributed by atoms with Gasteiger partial charge in [-0.2, -0.15) is 0 Å². The molecule has 0 aliphatic rings. The lowest BCUT2D eigenvalue weighted by Gasteiger charge is -2.19. The SMILES string of the molecule is CN(CCc1ccccn1)C(=O)/C(=C/c1ccco1)NC(=O)c1ccccc1. The molecule has 3 rings (SSSR count). The number of rotatable bonds is 7. The average Bonchev–Trinajstić information content (AvgIpc) is 3.25. The summed E-state index contributed by atoms with van der Waals surface area (Å²) in [5.41, 5.74) is 1.51. The van der Waals surface area contributed by atoms with E-state index in [9.17, 15) is 9.59 Å². The molecule has 2 amide bonds. The Kier molecular flexibility index (Phi) is 6.36. The minimum absolute atomic E-state index is 0.146. The van der Waals surface area contributed by atoms with Gasteiger partial charge in [-0.15, -0.1) is 0 Å². The number of nitrogens with zero attached hydrogens (tertiary/aromatic N) is 2. The molecule has 3 aromatic rings. The van der Waals surface area contributed by atoms with Crippen LogP contribution in [0.4, 0.5) is 0 Å². The summed E-state index contributed by atoms with van der Waals surface area (Å²) in [6.07, 6.45) is 5.38. The number of carbonyl (C=O) groups excluding carboxylic acids is 2. The third-order valence-electron chi connectivity index (χ3n) is 4.12. The lowest BCUT2D eigenvalue weighted by Crippen LogP contribution is -2.37. The molecule has 0 radical (unpaired) electrons. The van der Waals surface area contributed by atoms with Crippen LogP contribution in [0.15, 0.2) is 83.2 Å². The summed E-state index contributed by atoms with van der Waals surface area (Å²) in [7, 11) is 1.69. The van der Waals surface area contributed by atoms with E-state index >= 15 is 0 Å². The highest BCUT2D eigenvalue weighted by molar-refractivity contribution is 6.05. The molecule has 2 heterocycles. The molecule has 142 valence electrons. The molecule has 2 aromatic heterocycles. The molecule has 1 aromatic carbocycles. The first-order chi connectivity index (χ1) is 13.6. The lowest BCUT2D eigenvalue weighted by atomic mass is 10.2. The van der Waals surface area contributed by atoms with Gasteiger partial charge in [0.25, 0.3) is 11.8 Å². The Morgan fingerprint density at radius 3 is 2.54 bits per heavy atom. The highest BCUT2D eigenvalue weighted by Crippen LogP contribution is 2.10. The Morgan fingerprint density at radius 2 is 1.86 bits per heavy atom. The zero-order valence-corrected chi connectivity index (χ0v) is 15.5. The maximum Gasteiger partial charge on any atom is 0.270 e. The van der Waals surface area contributed by atoms with Gasteiger partial charge in [-0.25, -0.2) is 0 Å². The highest BCUT2D eigenvalue weighted by atomic mass is 16.3. The maximum atomic E-state index is 12.9. The van der Waals surface area contributed by atoms with Crippen molar-refractivity contribution in [1.29, 1.82) is 0 Å². The van der Waals surface area contributed by atoms with Gasteiger partial charge < -0.3 is 14.6 Å². The fraction of sp³-hybridized carbons (Fsp3) is 0.136. The first-order valence-corrected chi connectivity index (χ1v) is 8.90. The van der Waals surface area contributed by atoms with Crippen molar-refractivity contribution in [3.8, 4) is 0 Å². The Bertz CT molecular complexity index is 936. The van der Waals surface area contributed by atoms with E-state index in [0.717, 1.165) is 5.69 Å². The molecule has 0 aliphatic carbocycles. The first-order valence-electron chi connectivity index (χ1n) is 8.90. The van der Waals surface area contributed by atoms with Gasteiger partial charge in [-0.05, 0) is 36.4 Å². The molecule has 0 atom stereocenters. The van der Waals surface area contributed by atoms with Crippen molar-refractivity contribution in [2.45, 2.75) is 6.42 Å². The summed E-state index contributed by atoms with van der Waals surface area (Å²) in [4.78, 5) is 31.3. The second-order valence-electron chi connectivity index (χ2n) is 6.19. The van der Waals surface area contributed by atoms with Crippen LogP contribution in [0, 0.1) is 0 Å². The van der Waals surface area contributed by atoms with Crippen molar-refractivity contribution in [3.05, 3.63) is 95.8 Å². The standard InChI is InChI=1S/C22H21N3O3/c1-25(14-12-18-10-5-6-13-23-18)22(27)20(16-19-11-7-15-28-19)24-21(26)17-8-3-2-4-9-17/h2-11,13,15-16H,12,14H2,1H3,(H,24,26)/b20-16-. The summed E-state index contributed by atoms with van der Waals surface area (Å²) < 4.78 is 5.30. The fourth-order valence-electron chi connectivity index (χ4n) is 2.59. The van der Waals surface area contributed by atoms with Crippen LogP contribution in [-0.2, 0) is 11.2 Å². The molecule has 6 heteroatoms. The van der Waals surface area contributed by atoms with Gasteiger partial charge >= 0.3 is 0 Å². The second kappa shape index (κ2) is 9.32. The van der Waals surface area contributed by atoms with Crippen LogP contribution in [0.1, 0.15) is 21.8 Å². The molecular formula is C22H21N3O3. The van der Waals surface area contributed by atoms with Gasteiger partial charge in [0, 0.05) is 43.5 Å². The van der Waals surface area contributed by atoms with E-state index in [1.165, 1.54) is 12.3 Å². The van der Waals surface area contributed by atoms with Crippen LogP contribution in [0.5, 0.6) is 0 Å². The van der Waals surface area contributed by atoms with E-state index in [0.29, 0.717) is 24.3 Å². The van der Waals surface area contributed by atoms with Crippen LogP contribution in [0.3, 0.4) is 0 Å². The molecule has 1 N–H and O–H groups in total. The number of furan rings is 1. The van der Waals surface area contributed by atoms with Crippen LogP contribution >= 0.6 is 0 Å². The summed E-state index contributed by atoms with van der Waals surface area (Å²) in [5, 5.41) is 2.71. The Hall–Kier alpha value is -3.67. The van der Waals surface area contributed by atoms with E-state index in [4.69, 9.17) is 4.42 Å². The Morgan fingerprint density at radius 1 is 1.07 bits per heavy atom. The Balaban J connectivity index is 1.74.